The Balaban J connectivity index is 0.000000845. The third-order valence-corrected chi connectivity index (χ3v) is 3.63. The molecule has 0 unspecified atom stereocenters. The first kappa shape index (κ1) is 11.0. The van der Waals surface area contributed by atoms with Crippen LogP contribution in [-0.2, 0) is 4.74 Å². The number of hydrogen-bond donors (Lipinski definition) is 1. The second-order valence-electron chi connectivity index (χ2n) is 4.26. The van der Waals surface area contributed by atoms with Crippen LogP contribution in [0, 0.1) is 5.41 Å². The van der Waals surface area contributed by atoms with E-state index in [2.05, 4.69) is 6.58 Å². The molecule has 3 rings (SSSR count). The molecule has 2 heterocycles. The maximum atomic E-state index is 5.81. The summed E-state index contributed by atoms with van der Waals surface area (Å²) in [5.41, 5.74) is 6.07. The van der Waals surface area contributed by atoms with Crippen LogP contribution in [0.5, 0.6) is 0 Å². The molecule has 3 fully saturated rings. The summed E-state index contributed by atoms with van der Waals surface area (Å²) in [6.07, 6.45) is 6.65. The van der Waals surface area contributed by atoms with Gasteiger partial charge in [0, 0.05) is 12.0 Å². The quantitative estimate of drug-likeness (QED) is 0.696. The van der Waals surface area contributed by atoms with Gasteiger partial charge in [0.05, 0.1) is 12.2 Å². The molecule has 2 saturated heterocycles. The van der Waals surface area contributed by atoms with Gasteiger partial charge in [-0.15, -0.1) is 19.0 Å². The SMILES string of the molecule is C=CC12CCC(CN)(CC1)CO2.Cl. The molecule has 2 aliphatic heterocycles. The maximum absolute atomic E-state index is 5.81. The Morgan fingerprint density at radius 3 is 2.23 bits per heavy atom. The second kappa shape index (κ2) is 3.60. The average Bonchev–Trinajstić information content (AvgIpc) is 2.21. The normalized spacial score (nSPS) is 42.5. The topological polar surface area (TPSA) is 35.2 Å². The number of halogens is 1. The summed E-state index contributed by atoms with van der Waals surface area (Å²) in [6, 6.07) is 0. The lowest BCUT2D eigenvalue weighted by atomic mass is 9.66. The predicted octanol–water partition coefficient (Wildman–Crippen LogP) is 1.88. The van der Waals surface area contributed by atoms with Gasteiger partial charge in [0.15, 0.2) is 0 Å². The third-order valence-electron chi connectivity index (χ3n) is 3.63. The molecule has 1 aliphatic carbocycles. The molecule has 1 saturated carbocycles. The Morgan fingerprint density at radius 2 is 1.92 bits per heavy atom. The molecule has 0 spiro atoms. The highest BCUT2D eigenvalue weighted by Gasteiger charge is 2.47. The van der Waals surface area contributed by atoms with E-state index in [1.54, 1.807) is 0 Å². The molecule has 0 aromatic rings. The summed E-state index contributed by atoms with van der Waals surface area (Å²) in [5, 5.41) is 0. The first-order valence-corrected chi connectivity index (χ1v) is 4.72. The van der Waals surface area contributed by atoms with Gasteiger partial charge in [-0.05, 0) is 25.7 Å². The van der Waals surface area contributed by atoms with Crippen molar-refractivity contribution in [3.05, 3.63) is 12.7 Å². The Bertz CT molecular complexity index is 181. The molecule has 0 aromatic carbocycles. The van der Waals surface area contributed by atoms with Crippen molar-refractivity contribution in [2.24, 2.45) is 11.1 Å². The van der Waals surface area contributed by atoms with Gasteiger partial charge in [-0.1, -0.05) is 6.08 Å². The molecule has 0 atom stereocenters. The minimum atomic E-state index is 0. The Hall–Kier alpha value is -0.0500. The van der Waals surface area contributed by atoms with E-state index in [1.807, 2.05) is 6.08 Å². The standard InChI is InChI=1S/C10H17NO.ClH/c1-2-10-5-3-9(7-11,4-6-10)8-12-10;/h2H,1,3-8,11H2;1H. The minimum Gasteiger partial charge on any atom is -0.370 e. The number of hydrogen-bond acceptors (Lipinski definition) is 2. The first-order chi connectivity index (χ1) is 5.74. The zero-order valence-corrected chi connectivity index (χ0v) is 8.74. The molecule has 13 heavy (non-hydrogen) atoms. The highest BCUT2D eigenvalue weighted by Crippen LogP contribution is 2.48. The van der Waals surface area contributed by atoms with Gasteiger partial charge < -0.3 is 10.5 Å². The summed E-state index contributed by atoms with van der Waals surface area (Å²) in [7, 11) is 0. The third kappa shape index (κ3) is 1.63. The monoisotopic (exact) mass is 203 g/mol. The van der Waals surface area contributed by atoms with E-state index >= 15 is 0 Å². The summed E-state index contributed by atoms with van der Waals surface area (Å²) < 4.78 is 5.81. The number of nitrogens with two attached hydrogens (primary N) is 1. The molecule has 3 heteroatoms. The van der Waals surface area contributed by atoms with Gasteiger partial charge in [-0.25, -0.2) is 0 Å². The highest BCUT2D eigenvalue weighted by atomic mass is 35.5. The molecule has 3 aliphatic rings. The molecular weight excluding hydrogens is 186 g/mol. The lowest BCUT2D eigenvalue weighted by Gasteiger charge is -2.51. The van der Waals surface area contributed by atoms with Crippen LogP contribution in [0.15, 0.2) is 12.7 Å². The van der Waals surface area contributed by atoms with Crippen LogP contribution in [-0.4, -0.2) is 18.8 Å². The fraction of sp³-hybridized carbons (Fsp3) is 0.800. The Labute approximate surface area is 85.9 Å². The first-order valence-electron chi connectivity index (χ1n) is 4.72. The maximum Gasteiger partial charge on any atom is 0.0860 e. The number of ether oxygens (including phenoxy) is 1. The van der Waals surface area contributed by atoms with Crippen molar-refractivity contribution < 1.29 is 4.74 Å². The van der Waals surface area contributed by atoms with E-state index in [9.17, 15) is 0 Å². The van der Waals surface area contributed by atoms with Gasteiger partial charge >= 0.3 is 0 Å². The van der Waals surface area contributed by atoms with E-state index in [1.165, 1.54) is 12.8 Å². The molecular formula is C10H18ClNO. The van der Waals surface area contributed by atoms with Crippen molar-refractivity contribution in [1.29, 1.82) is 0 Å². The lowest BCUT2D eigenvalue weighted by Crippen LogP contribution is -2.52. The number of fused-ring (bicyclic) bond motifs is 3. The van der Waals surface area contributed by atoms with E-state index < -0.39 is 0 Å². The Morgan fingerprint density at radius 1 is 1.31 bits per heavy atom. The molecule has 0 amide bonds. The predicted molar refractivity (Wildman–Crippen MR) is 56.1 cm³/mol. The number of rotatable bonds is 2. The van der Waals surface area contributed by atoms with Crippen LogP contribution in [0.25, 0.3) is 0 Å². The van der Waals surface area contributed by atoms with Gasteiger partial charge in [0.1, 0.15) is 0 Å². The molecule has 0 aromatic heterocycles. The van der Waals surface area contributed by atoms with E-state index in [0.29, 0.717) is 5.41 Å². The lowest BCUT2D eigenvalue weighted by molar-refractivity contribution is -0.154. The fourth-order valence-corrected chi connectivity index (χ4v) is 2.32. The van der Waals surface area contributed by atoms with Crippen molar-refractivity contribution in [3.63, 3.8) is 0 Å². The summed E-state index contributed by atoms with van der Waals surface area (Å²) >= 11 is 0. The van der Waals surface area contributed by atoms with Crippen LogP contribution in [0.4, 0.5) is 0 Å². The van der Waals surface area contributed by atoms with E-state index in [4.69, 9.17) is 10.5 Å². The van der Waals surface area contributed by atoms with Crippen molar-refractivity contribution in [1.82, 2.24) is 0 Å². The average molecular weight is 204 g/mol. The Kier molecular flexibility index (Phi) is 3.05. The van der Waals surface area contributed by atoms with Gasteiger partial charge in [0.25, 0.3) is 0 Å². The summed E-state index contributed by atoms with van der Waals surface area (Å²) in [6.45, 7) is 5.47. The van der Waals surface area contributed by atoms with Crippen molar-refractivity contribution in [2.45, 2.75) is 31.3 Å². The van der Waals surface area contributed by atoms with E-state index in [-0.39, 0.29) is 18.0 Å². The zero-order chi connectivity index (χ0) is 8.66. The van der Waals surface area contributed by atoms with Crippen molar-refractivity contribution in [3.8, 4) is 0 Å². The largest absolute Gasteiger partial charge is 0.370 e. The second-order valence-corrected chi connectivity index (χ2v) is 4.26. The highest BCUT2D eigenvalue weighted by molar-refractivity contribution is 5.85. The summed E-state index contributed by atoms with van der Waals surface area (Å²) in [5.74, 6) is 0. The van der Waals surface area contributed by atoms with Gasteiger partial charge in [0.2, 0.25) is 0 Å². The van der Waals surface area contributed by atoms with Crippen LogP contribution >= 0.6 is 12.4 Å². The van der Waals surface area contributed by atoms with Crippen molar-refractivity contribution in [2.75, 3.05) is 13.2 Å². The molecule has 0 radical (unpaired) electrons. The summed E-state index contributed by atoms with van der Waals surface area (Å²) in [4.78, 5) is 0. The molecule has 76 valence electrons. The van der Waals surface area contributed by atoms with Crippen LogP contribution < -0.4 is 5.73 Å². The van der Waals surface area contributed by atoms with Gasteiger partial charge in [-0.2, -0.15) is 0 Å². The van der Waals surface area contributed by atoms with Crippen LogP contribution in [0.3, 0.4) is 0 Å². The molecule has 2 bridgehead atoms. The molecule has 2 N–H and O–H groups in total. The minimum absolute atomic E-state index is 0. The van der Waals surface area contributed by atoms with Gasteiger partial charge in [-0.3, -0.25) is 0 Å². The zero-order valence-electron chi connectivity index (χ0n) is 7.92. The molecule has 2 nitrogen and oxygen atoms in total. The fourth-order valence-electron chi connectivity index (χ4n) is 2.32. The van der Waals surface area contributed by atoms with E-state index in [0.717, 1.165) is 26.0 Å². The van der Waals surface area contributed by atoms with Crippen LogP contribution in [0.2, 0.25) is 0 Å². The smallest absolute Gasteiger partial charge is 0.0860 e. The van der Waals surface area contributed by atoms with Crippen molar-refractivity contribution >= 4 is 12.4 Å². The van der Waals surface area contributed by atoms with Crippen LogP contribution in [0.1, 0.15) is 25.7 Å².